The fourth-order valence-electron chi connectivity index (χ4n) is 1.64. The lowest BCUT2D eigenvalue weighted by molar-refractivity contribution is -0.119. The molecule has 0 aliphatic carbocycles. The Morgan fingerprint density at radius 1 is 1.53 bits per heavy atom. The highest BCUT2D eigenvalue weighted by Crippen LogP contribution is 2.23. The number of nitrogens with two attached hydrogens (primary N) is 1. The summed E-state index contributed by atoms with van der Waals surface area (Å²) in [4.78, 5) is 11.3. The molecule has 15 heavy (non-hydrogen) atoms. The van der Waals surface area contributed by atoms with Crippen LogP contribution in [0.4, 0.5) is 0 Å². The van der Waals surface area contributed by atoms with E-state index in [1.54, 1.807) is 18.2 Å². The number of nitrogens with zero attached hydrogens (tertiary/aromatic N) is 1. The molecule has 0 spiro atoms. The van der Waals surface area contributed by atoms with Crippen molar-refractivity contribution in [1.82, 2.24) is 0 Å². The van der Waals surface area contributed by atoms with Crippen LogP contribution in [0.1, 0.15) is 36.8 Å². The van der Waals surface area contributed by atoms with Gasteiger partial charge in [-0.3, -0.25) is 4.79 Å². The average molecular weight is 202 g/mol. The Morgan fingerprint density at radius 2 is 2.20 bits per heavy atom. The summed E-state index contributed by atoms with van der Waals surface area (Å²) in [5.74, 6) is -0.703. The predicted molar refractivity (Wildman–Crippen MR) is 58.0 cm³/mol. The molecule has 0 aliphatic heterocycles. The Hall–Kier alpha value is -1.82. The van der Waals surface area contributed by atoms with Gasteiger partial charge in [0.05, 0.1) is 17.6 Å². The average Bonchev–Trinajstić information content (AvgIpc) is 2.25. The van der Waals surface area contributed by atoms with Crippen molar-refractivity contribution in [2.45, 2.75) is 25.7 Å². The van der Waals surface area contributed by atoms with E-state index in [9.17, 15) is 4.79 Å². The van der Waals surface area contributed by atoms with E-state index in [1.165, 1.54) is 0 Å². The van der Waals surface area contributed by atoms with Crippen LogP contribution in [0.25, 0.3) is 0 Å². The fraction of sp³-hybridized carbons (Fsp3) is 0.333. The molecule has 1 amide bonds. The largest absolute Gasteiger partial charge is 0.369 e. The first kappa shape index (κ1) is 11.3. The SMILES string of the molecule is CCCC(C(N)=O)c1ccccc1C#N. The quantitative estimate of drug-likeness (QED) is 0.810. The Balaban J connectivity index is 3.11. The summed E-state index contributed by atoms with van der Waals surface area (Å²) in [6.07, 6.45) is 1.56. The Labute approximate surface area is 89.5 Å². The minimum Gasteiger partial charge on any atom is -0.369 e. The van der Waals surface area contributed by atoms with Crippen molar-refractivity contribution in [2.75, 3.05) is 0 Å². The number of benzene rings is 1. The molecule has 0 heterocycles. The van der Waals surface area contributed by atoms with E-state index >= 15 is 0 Å². The van der Waals surface area contributed by atoms with Crippen LogP contribution in [-0.2, 0) is 4.79 Å². The van der Waals surface area contributed by atoms with E-state index in [-0.39, 0.29) is 11.8 Å². The van der Waals surface area contributed by atoms with E-state index in [4.69, 9.17) is 11.0 Å². The molecule has 0 radical (unpaired) electrons. The van der Waals surface area contributed by atoms with Crippen LogP contribution in [0.5, 0.6) is 0 Å². The smallest absolute Gasteiger partial charge is 0.225 e. The zero-order valence-corrected chi connectivity index (χ0v) is 8.73. The number of hydrogen-bond donors (Lipinski definition) is 1. The van der Waals surface area contributed by atoms with Crippen molar-refractivity contribution in [1.29, 1.82) is 5.26 Å². The van der Waals surface area contributed by atoms with Gasteiger partial charge in [-0.25, -0.2) is 0 Å². The summed E-state index contributed by atoms with van der Waals surface area (Å²) in [7, 11) is 0. The number of rotatable bonds is 4. The Morgan fingerprint density at radius 3 is 2.73 bits per heavy atom. The molecule has 78 valence electrons. The van der Waals surface area contributed by atoms with Gasteiger partial charge in [0.25, 0.3) is 0 Å². The standard InChI is InChI=1S/C12H14N2O/c1-2-5-11(12(14)15)10-7-4-3-6-9(10)8-13/h3-4,6-7,11H,2,5H2,1H3,(H2,14,15). The number of carbonyl (C=O) groups is 1. The first-order valence-corrected chi connectivity index (χ1v) is 4.99. The van der Waals surface area contributed by atoms with E-state index < -0.39 is 0 Å². The third-order valence-electron chi connectivity index (χ3n) is 2.38. The van der Waals surface area contributed by atoms with Gasteiger partial charge in [0.1, 0.15) is 0 Å². The molecule has 3 heteroatoms. The van der Waals surface area contributed by atoms with Gasteiger partial charge in [-0.2, -0.15) is 5.26 Å². The lowest BCUT2D eigenvalue weighted by Crippen LogP contribution is -2.22. The van der Waals surface area contributed by atoms with E-state index in [2.05, 4.69) is 6.07 Å². The minimum atomic E-state index is -0.362. The highest BCUT2D eigenvalue weighted by atomic mass is 16.1. The maximum Gasteiger partial charge on any atom is 0.225 e. The monoisotopic (exact) mass is 202 g/mol. The van der Waals surface area contributed by atoms with Gasteiger partial charge in [0.15, 0.2) is 0 Å². The molecule has 3 nitrogen and oxygen atoms in total. The van der Waals surface area contributed by atoms with E-state index in [0.29, 0.717) is 12.0 Å². The molecule has 1 unspecified atom stereocenters. The molecule has 2 N–H and O–H groups in total. The second-order valence-electron chi connectivity index (χ2n) is 3.44. The maximum absolute atomic E-state index is 11.3. The Kier molecular flexibility index (Phi) is 3.87. The number of nitriles is 1. The molecule has 0 fully saturated rings. The van der Waals surface area contributed by atoms with Crippen LogP contribution in [-0.4, -0.2) is 5.91 Å². The number of amides is 1. The summed E-state index contributed by atoms with van der Waals surface area (Å²) in [6.45, 7) is 1.99. The van der Waals surface area contributed by atoms with Crippen LogP contribution in [0.2, 0.25) is 0 Å². The Bertz CT molecular complexity index is 393. The predicted octanol–water partition coefficient (Wildman–Crippen LogP) is 1.93. The molecule has 1 rings (SSSR count). The topological polar surface area (TPSA) is 66.9 Å². The van der Waals surface area contributed by atoms with Crippen LogP contribution < -0.4 is 5.73 Å². The van der Waals surface area contributed by atoms with Gasteiger partial charge < -0.3 is 5.73 Å². The van der Waals surface area contributed by atoms with Gasteiger partial charge >= 0.3 is 0 Å². The minimum absolute atomic E-state index is 0.342. The first-order valence-electron chi connectivity index (χ1n) is 4.99. The maximum atomic E-state index is 11.3. The molecule has 0 saturated heterocycles. The molecule has 0 saturated carbocycles. The highest BCUT2D eigenvalue weighted by molar-refractivity contribution is 5.82. The van der Waals surface area contributed by atoms with Crippen molar-refractivity contribution >= 4 is 5.91 Å². The molecule has 0 aliphatic rings. The molecule has 1 aromatic rings. The van der Waals surface area contributed by atoms with Gasteiger partial charge in [-0.05, 0) is 18.1 Å². The lowest BCUT2D eigenvalue weighted by atomic mass is 9.90. The molecular formula is C12H14N2O. The number of hydrogen-bond acceptors (Lipinski definition) is 2. The molecule has 0 bridgehead atoms. The zero-order chi connectivity index (χ0) is 11.3. The molecule has 1 atom stereocenters. The first-order chi connectivity index (χ1) is 7.20. The third kappa shape index (κ3) is 2.57. The van der Waals surface area contributed by atoms with Gasteiger partial charge in [0.2, 0.25) is 5.91 Å². The van der Waals surface area contributed by atoms with Crippen molar-refractivity contribution in [3.63, 3.8) is 0 Å². The molecule has 0 aromatic heterocycles. The van der Waals surface area contributed by atoms with Crippen LogP contribution in [0.15, 0.2) is 24.3 Å². The molecular weight excluding hydrogens is 188 g/mol. The van der Waals surface area contributed by atoms with Crippen LogP contribution in [0, 0.1) is 11.3 Å². The molecule has 1 aromatic carbocycles. The zero-order valence-electron chi connectivity index (χ0n) is 8.73. The lowest BCUT2D eigenvalue weighted by Gasteiger charge is -2.13. The van der Waals surface area contributed by atoms with Gasteiger partial charge in [0, 0.05) is 0 Å². The second-order valence-corrected chi connectivity index (χ2v) is 3.44. The summed E-state index contributed by atoms with van der Waals surface area (Å²) in [5.41, 5.74) is 6.61. The number of primary amides is 1. The van der Waals surface area contributed by atoms with Gasteiger partial charge in [-0.1, -0.05) is 31.5 Å². The third-order valence-corrected chi connectivity index (χ3v) is 2.38. The fourth-order valence-corrected chi connectivity index (χ4v) is 1.64. The highest BCUT2D eigenvalue weighted by Gasteiger charge is 2.19. The summed E-state index contributed by atoms with van der Waals surface area (Å²) in [6, 6.07) is 9.19. The van der Waals surface area contributed by atoms with E-state index in [0.717, 1.165) is 12.0 Å². The van der Waals surface area contributed by atoms with Crippen molar-refractivity contribution in [3.8, 4) is 6.07 Å². The summed E-state index contributed by atoms with van der Waals surface area (Å²) >= 11 is 0. The normalized spacial score (nSPS) is 11.7. The van der Waals surface area contributed by atoms with Gasteiger partial charge in [-0.15, -0.1) is 0 Å². The van der Waals surface area contributed by atoms with Crippen molar-refractivity contribution in [3.05, 3.63) is 35.4 Å². The summed E-state index contributed by atoms with van der Waals surface area (Å²) < 4.78 is 0. The van der Waals surface area contributed by atoms with Crippen LogP contribution in [0.3, 0.4) is 0 Å². The van der Waals surface area contributed by atoms with E-state index in [1.807, 2.05) is 13.0 Å². The van der Waals surface area contributed by atoms with Crippen molar-refractivity contribution < 1.29 is 4.79 Å². The van der Waals surface area contributed by atoms with Crippen LogP contribution >= 0.6 is 0 Å². The second kappa shape index (κ2) is 5.16. The number of carbonyl (C=O) groups excluding carboxylic acids is 1. The summed E-state index contributed by atoms with van der Waals surface area (Å²) in [5, 5.41) is 8.92. The van der Waals surface area contributed by atoms with Crippen molar-refractivity contribution in [2.24, 2.45) is 5.73 Å².